The van der Waals surface area contributed by atoms with Gasteiger partial charge in [0.25, 0.3) is 0 Å². The minimum absolute atomic E-state index is 0.140. The maximum absolute atomic E-state index is 12.4. The molecule has 29 heavy (non-hydrogen) atoms. The fraction of sp³-hybridized carbons (Fsp3) is 0.263. The van der Waals surface area contributed by atoms with Crippen LogP contribution in [0, 0.1) is 6.92 Å². The van der Waals surface area contributed by atoms with Crippen LogP contribution < -0.4 is 20.8 Å². The average molecular weight is 420 g/mol. The van der Waals surface area contributed by atoms with E-state index in [0.29, 0.717) is 34.0 Å². The molecule has 3 N–H and O–H groups in total. The van der Waals surface area contributed by atoms with E-state index in [9.17, 15) is 18.0 Å². The largest absolute Gasteiger partial charge is 0.497 e. The van der Waals surface area contributed by atoms with Gasteiger partial charge >= 0.3 is 5.63 Å². The number of primary sulfonamides is 1. The van der Waals surface area contributed by atoms with E-state index < -0.39 is 27.3 Å². The first kappa shape index (κ1) is 20.6. The van der Waals surface area contributed by atoms with Crippen molar-refractivity contribution in [3.05, 3.63) is 52.1 Å². The summed E-state index contributed by atoms with van der Waals surface area (Å²) in [7, 11) is -2.15. The number of amides is 1. The normalized spacial score (nSPS) is 11.6. The fourth-order valence-electron chi connectivity index (χ4n) is 2.92. The zero-order chi connectivity index (χ0) is 21.2. The van der Waals surface area contributed by atoms with Gasteiger partial charge in [0.15, 0.2) is 0 Å². The lowest BCUT2D eigenvalue weighted by atomic mass is 10.0. The summed E-state index contributed by atoms with van der Waals surface area (Å²) in [6, 6.07) is 8.52. The van der Waals surface area contributed by atoms with Crippen LogP contribution in [0.5, 0.6) is 5.75 Å². The van der Waals surface area contributed by atoms with Crippen LogP contribution in [0.1, 0.15) is 11.3 Å². The second-order valence-electron chi connectivity index (χ2n) is 6.42. The van der Waals surface area contributed by atoms with Crippen molar-refractivity contribution in [2.45, 2.75) is 13.3 Å². The van der Waals surface area contributed by atoms with Gasteiger partial charge in [0.05, 0.1) is 19.3 Å². The summed E-state index contributed by atoms with van der Waals surface area (Å²) in [5, 5.41) is 7.58. The summed E-state index contributed by atoms with van der Waals surface area (Å²) in [6.07, 6.45) is -0.202. The second kappa shape index (κ2) is 8.10. The van der Waals surface area contributed by atoms with E-state index in [2.05, 4.69) is 5.32 Å². The molecule has 10 heteroatoms. The van der Waals surface area contributed by atoms with E-state index in [1.165, 1.54) is 0 Å². The number of nitrogens with one attached hydrogen (secondary N) is 1. The fourth-order valence-corrected chi connectivity index (χ4v) is 3.31. The summed E-state index contributed by atoms with van der Waals surface area (Å²) in [5.41, 5.74) is 0.686. The van der Waals surface area contributed by atoms with Gasteiger partial charge in [-0.15, -0.1) is 0 Å². The standard InChI is InChI=1S/C19H20N2O7S/c1-11-9-15-17(19(23)27-11)14(10-16(22)21-7-8-29(20,24)25)18(28-15)12-3-5-13(26-2)6-4-12/h3-6,9H,7-8,10H2,1-2H3,(H,21,22)(H2,20,24,25). The minimum Gasteiger partial charge on any atom is -0.497 e. The molecule has 0 aliphatic heterocycles. The number of fused-ring (bicyclic) bond motifs is 1. The summed E-state index contributed by atoms with van der Waals surface area (Å²) in [5.74, 6) is 0.495. The molecule has 3 aromatic rings. The molecule has 2 heterocycles. The van der Waals surface area contributed by atoms with Crippen molar-refractivity contribution in [1.29, 1.82) is 0 Å². The van der Waals surface area contributed by atoms with Crippen LogP contribution in [0.25, 0.3) is 22.3 Å². The highest BCUT2D eigenvalue weighted by atomic mass is 32.2. The molecule has 0 spiro atoms. The van der Waals surface area contributed by atoms with Crippen LogP contribution in [0.3, 0.4) is 0 Å². The Morgan fingerprint density at radius 2 is 1.90 bits per heavy atom. The third kappa shape index (κ3) is 4.84. The predicted molar refractivity (Wildman–Crippen MR) is 106 cm³/mol. The third-order valence-electron chi connectivity index (χ3n) is 4.22. The molecule has 1 amide bonds. The molecule has 0 unspecified atom stereocenters. The lowest BCUT2D eigenvalue weighted by Gasteiger charge is -2.06. The molecule has 9 nitrogen and oxygen atoms in total. The van der Waals surface area contributed by atoms with Gasteiger partial charge in [-0.1, -0.05) is 0 Å². The lowest BCUT2D eigenvalue weighted by molar-refractivity contribution is -0.120. The number of sulfonamides is 1. The topological polar surface area (TPSA) is 142 Å². The van der Waals surface area contributed by atoms with E-state index in [1.54, 1.807) is 44.4 Å². The van der Waals surface area contributed by atoms with Crippen molar-refractivity contribution in [2.75, 3.05) is 19.4 Å². The van der Waals surface area contributed by atoms with Gasteiger partial charge in [0.1, 0.15) is 28.2 Å². The van der Waals surface area contributed by atoms with Crippen LogP contribution in [0.4, 0.5) is 0 Å². The van der Waals surface area contributed by atoms with Gasteiger partial charge in [0.2, 0.25) is 15.9 Å². The molecule has 0 saturated heterocycles. The van der Waals surface area contributed by atoms with Gasteiger partial charge in [-0.2, -0.15) is 0 Å². The SMILES string of the molecule is COc1ccc(-c2oc3cc(C)oc(=O)c3c2CC(=O)NCCS(N)(=O)=O)cc1. The van der Waals surface area contributed by atoms with E-state index in [1.807, 2.05) is 0 Å². The van der Waals surface area contributed by atoms with Crippen LogP contribution in [0.15, 0.2) is 44.0 Å². The Kier molecular flexibility index (Phi) is 5.76. The number of rotatable bonds is 7. The highest BCUT2D eigenvalue weighted by Gasteiger charge is 2.22. The lowest BCUT2D eigenvalue weighted by Crippen LogP contribution is -2.32. The van der Waals surface area contributed by atoms with Crippen molar-refractivity contribution < 1.29 is 26.8 Å². The molecule has 154 valence electrons. The summed E-state index contributed by atoms with van der Waals surface area (Å²) in [4.78, 5) is 24.8. The van der Waals surface area contributed by atoms with Gasteiger partial charge in [-0.3, -0.25) is 4.79 Å². The Morgan fingerprint density at radius 3 is 2.52 bits per heavy atom. The number of hydrogen-bond donors (Lipinski definition) is 2. The Labute approximate surface area is 166 Å². The summed E-state index contributed by atoms with van der Waals surface area (Å²) < 4.78 is 38.2. The zero-order valence-electron chi connectivity index (χ0n) is 15.9. The van der Waals surface area contributed by atoms with Crippen molar-refractivity contribution in [3.63, 3.8) is 0 Å². The number of ether oxygens (including phenoxy) is 1. The Morgan fingerprint density at radius 1 is 1.21 bits per heavy atom. The van der Waals surface area contributed by atoms with Gasteiger partial charge < -0.3 is 18.9 Å². The average Bonchev–Trinajstić information content (AvgIpc) is 2.99. The predicted octanol–water partition coefficient (Wildman–Crippen LogP) is 1.32. The zero-order valence-corrected chi connectivity index (χ0v) is 16.7. The molecule has 0 aliphatic carbocycles. The second-order valence-corrected chi connectivity index (χ2v) is 8.15. The molecule has 0 aliphatic rings. The number of hydrogen-bond acceptors (Lipinski definition) is 7. The maximum atomic E-state index is 12.4. The highest BCUT2D eigenvalue weighted by molar-refractivity contribution is 7.89. The van der Waals surface area contributed by atoms with E-state index in [0.717, 1.165) is 0 Å². The first-order chi connectivity index (χ1) is 13.7. The number of carbonyl (C=O) groups is 1. The smallest absolute Gasteiger partial charge is 0.347 e. The molecule has 0 atom stereocenters. The molecule has 0 radical (unpaired) electrons. The quantitative estimate of drug-likeness (QED) is 0.587. The van der Waals surface area contributed by atoms with E-state index >= 15 is 0 Å². The van der Waals surface area contributed by atoms with Crippen molar-refractivity contribution in [3.8, 4) is 17.1 Å². The van der Waals surface area contributed by atoms with Crippen molar-refractivity contribution in [2.24, 2.45) is 5.14 Å². The number of methoxy groups -OCH3 is 1. The van der Waals surface area contributed by atoms with Crippen molar-refractivity contribution >= 4 is 26.9 Å². The molecular weight excluding hydrogens is 400 g/mol. The van der Waals surface area contributed by atoms with E-state index in [4.69, 9.17) is 18.7 Å². The monoisotopic (exact) mass is 420 g/mol. The summed E-state index contributed by atoms with van der Waals surface area (Å²) >= 11 is 0. The first-order valence-electron chi connectivity index (χ1n) is 8.65. The van der Waals surface area contributed by atoms with Gasteiger partial charge in [0, 0.05) is 23.7 Å². The van der Waals surface area contributed by atoms with Gasteiger partial charge in [-0.25, -0.2) is 18.4 Å². The molecule has 0 fully saturated rings. The van der Waals surface area contributed by atoms with Gasteiger partial charge in [-0.05, 0) is 31.2 Å². The van der Waals surface area contributed by atoms with E-state index in [-0.39, 0.29) is 18.4 Å². The Bertz CT molecular complexity index is 1210. The Balaban J connectivity index is 2.00. The van der Waals surface area contributed by atoms with Crippen LogP contribution in [-0.4, -0.2) is 33.7 Å². The van der Waals surface area contributed by atoms with Crippen LogP contribution in [0.2, 0.25) is 0 Å². The first-order valence-corrected chi connectivity index (χ1v) is 10.4. The molecule has 3 rings (SSSR count). The number of aryl methyl sites for hydroxylation is 1. The van der Waals surface area contributed by atoms with Crippen LogP contribution >= 0.6 is 0 Å². The Hall–Kier alpha value is -3.11. The molecule has 1 aromatic carbocycles. The number of furan rings is 1. The minimum atomic E-state index is -3.70. The maximum Gasteiger partial charge on any atom is 0.347 e. The highest BCUT2D eigenvalue weighted by Crippen LogP contribution is 2.33. The number of nitrogens with two attached hydrogens (primary N) is 1. The molecule has 0 bridgehead atoms. The van der Waals surface area contributed by atoms with Crippen LogP contribution in [-0.2, 0) is 21.2 Å². The third-order valence-corrected chi connectivity index (χ3v) is 5.00. The molecule has 2 aromatic heterocycles. The number of benzene rings is 1. The summed E-state index contributed by atoms with van der Waals surface area (Å²) in [6.45, 7) is 1.48. The molecular formula is C19H20N2O7S. The number of carbonyl (C=O) groups excluding carboxylic acids is 1. The molecule has 0 saturated carbocycles. The van der Waals surface area contributed by atoms with Crippen molar-refractivity contribution in [1.82, 2.24) is 5.32 Å².